The van der Waals surface area contributed by atoms with Crippen LogP contribution in [-0.4, -0.2) is 34.6 Å². The van der Waals surface area contributed by atoms with Crippen molar-refractivity contribution in [3.8, 4) is 5.75 Å². The third-order valence-corrected chi connectivity index (χ3v) is 3.74. The quantitative estimate of drug-likeness (QED) is 0.674. The number of benzene rings is 2. The van der Waals surface area contributed by atoms with Crippen LogP contribution in [0, 0.1) is 5.82 Å². The molecule has 0 aliphatic carbocycles. The van der Waals surface area contributed by atoms with E-state index in [4.69, 9.17) is 9.47 Å². The third-order valence-electron chi connectivity index (χ3n) is 3.74. The van der Waals surface area contributed by atoms with Crippen LogP contribution in [0.15, 0.2) is 48.5 Å². The number of hydrogen-bond acceptors (Lipinski definition) is 5. The van der Waals surface area contributed by atoms with Crippen molar-refractivity contribution in [1.82, 2.24) is 5.32 Å². The summed E-state index contributed by atoms with van der Waals surface area (Å²) in [5.41, 5.74) is 0.527. The number of aliphatic hydroxyl groups is 2. The van der Waals surface area contributed by atoms with Gasteiger partial charge in [0.1, 0.15) is 36.0 Å². The minimum absolute atomic E-state index is 0.159. The van der Waals surface area contributed by atoms with Gasteiger partial charge in [-0.15, -0.1) is 0 Å². The molecule has 152 valence electrons. The van der Waals surface area contributed by atoms with Gasteiger partial charge in [-0.05, 0) is 56.2 Å². The minimum atomic E-state index is -1.20. The standard InChI is InChI=1S/C21H26FNO5/c1-21(2,3)28-20(26)23-12-18(24)19(25)15-7-9-17(10-8-15)27-13-14-5-4-6-16(22)11-14/h4-11,18-19,24-25H,12-13H2,1-3H3,(H,23,26). The average molecular weight is 391 g/mol. The number of carbonyl (C=O) groups excluding carboxylic acids is 1. The van der Waals surface area contributed by atoms with Gasteiger partial charge in [0.15, 0.2) is 0 Å². The van der Waals surface area contributed by atoms with Gasteiger partial charge in [0.25, 0.3) is 0 Å². The molecule has 6 nitrogen and oxygen atoms in total. The Labute approximate surface area is 163 Å². The van der Waals surface area contributed by atoms with E-state index in [-0.39, 0.29) is 19.0 Å². The highest BCUT2D eigenvalue weighted by Crippen LogP contribution is 2.21. The van der Waals surface area contributed by atoms with Crippen LogP contribution in [0.2, 0.25) is 0 Å². The zero-order valence-electron chi connectivity index (χ0n) is 16.2. The predicted octanol–water partition coefficient (Wildman–Crippen LogP) is 3.32. The van der Waals surface area contributed by atoms with Crippen molar-refractivity contribution in [2.75, 3.05) is 6.54 Å². The van der Waals surface area contributed by atoms with Crippen LogP contribution in [0.3, 0.4) is 0 Å². The molecule has 0 fully saturated rings. The summed E-state index contributed by atoms with van der Waals surface area (Å²) >= 11 is 0. The van der Waals surface area contributed by atoms with E-state index in [1.807, 2.05) is 0 Å². The van der Waals surface area contributed by atoms with E-state index in [9.17, 15) is 19.4 Å². The van der Waals surface area contributed by atoms with Crippen LogP contribution >= 0.6 is 0 Å². The van der Waals surface area contributed by atoms with Gasteiger partial charge in [-0.25, -0.2) is 9.18 Å². The van der Waals surface area contributed by atoms with Gasteiger partial charge in [-0.2, -0.15) is 0 Å². The lowest BCUT2D eigenvalue weighted by molar-refractivity contribution is 0.0129. The number of rotatable bonds is 7. The Balaban J connectivity index is 1.84. The molecule has 0 bridgehead atoms. The number of hydrogen-bond donors (Lipinski definition) is 3. The van der Waals surface area contributed by atoms with Gasteiger partial charge in [-0.1, -0.05) is 24.3 Å². The van der Waals surface area contributed by atoms with Crippen molar-refractivity contribution in [3.05, 3.63) is 65.5 Å². The summed E-state index contributed by atoms with van der Waals surface area (Å²) in [6.45, 7) is 5.25. The van der Waals surface area contributed by atoms with E-state index >= 15 is 0 Å². The van der Waals surface area contributed by atoms with Gasteiger partial charge < -0.3 is 25.0 Å². The van der Waals surface area contributed by atoms with Crippen molar-refractivity contribution < 1.29 is 28.9 Å². The Morgan fingerprint density at radius 1 is 1.14 bits per heavy atom. The average Bonchev–Trinajstić information content (AvgIpc) is 2.63. The first kappa shape index (κ1) is 21.7. The van der Waals surface area contributed by atoms with Crippen molar-refractivity contribution in [3.63, 3.8) is 0 Å². The molecule has 1 amide bonds. The molecule has 0 heterocycles. The normalized spacial score (nSPS) is 13.5. The predicted molar refractivity (Wildman–Crippen MR) is 102 cm³/mol. The number of nitrogens with one attached hydrogen (secondary N) is 1. The summed E-state index contributed by atoms with van der Waals surface area (Å²) < 4.78 is 23.8. The van der Waals surface area contributed by atoms with E-state index in [1.165, 1.54) is 12.1 Å². The summed E-state index contributed by atoms with van der Waals surface area (Å²) in [4.78, 5) is 11.6. The van der Waals surface area contributed by atoms with E-state index in [0.717, 1.165) is 0 Å². The number of ether oxygens (including phenoxy) is 2. The SMILES string of the molecule is CC(C)(C)OC(=O)NCC(O)C(O)c1ccc(OCc2cccc(F)c2)cc1. The summed E-state index contributed by atoms with van der Waals surface area (Å²) in [6, 6.07) is 12.6. The van der Waals surface area contributed by atoms with E-state index in [1.54, 1.807) is 57.2 Å². The fourth-order valence-electron chi connectivity index (χ4n) is 2.39. The molecule has 3 N–H and O–H groups in total. The first-order valence-electron chi connectivity index (χ1n) is 8.94. The second kappa shape index (κ2) is 9.52. The molecule has 2 atom stereocenters. The first-order valence-corrected chi connectivity index (χ1v) is 8.94. The molecule has 2 unspecified atom stereocenters. The van der Waals surface area contributed by atoms with Gasteiger partial charge in [-0.3, -0.25) is 0 Å². The molecule has 0 aliphatic rings. The van der Waals surface area contributed by atoms with E-state index < -0.39 is 23.9 Å². The van der Waals surface area contributed by atoms with Crippen molar-refractivity contribution in [2.45, 2.75) is 45.2 Å². The molecular weight excluding hydrogens is 365 g/mol. The van der Waals surface area contributed by atoms with Gasteiger partial charge >= 0.3 is 6.09 Å². The molecule has 2 aromatic rings. The molecule has 0 saturated carbocycles. The van der Waals surface area contributed by atoms with Crippen molar-refractivity contribution in [2.24, 2.45) is 0 Å². The Kier molecular flexibility index (Phi) is 7.37. The third kappa shape index (κ3) is 7.17. The van der Waals surface area contributed by atoms with Crippen molar-refractivity contribution in [1.29, 1.82) is 0 Å². The molecule has 0 aliphatic heterocycles. The molecule has 7 heteroatoms. The maximum atomic E-state index is 13.2. The lowest BCUT2D eigenvalue weighted by atomic mass is 10.0. The Bertz CT molecular complexity index is 773. The zero-order chi connectivity index (χ0) is 20.7. The Hall–Kier alpha value is -2.64. The maximum Gasteiger partial charge on any atom is 0.407 e. The number of carbonyl (C=O) groups is 1. The van der Waals surface area contributed by atoms with E-state index in [0.29, 0.717) is 16.9 Å². The lowest BCUT2D eigenvalue weighted by Gasteiger charge is -2.22. The fourth-order valence-corrected chi connectivity index (χ4v) is 2.39. The second-order valence-corrected chi connectivity index (χ2v) is 7.38. The highest BCUT2D eigenvalue weighted by Gasteiger charge is 2.21. The summed E-state index contributed by atoms with van der Waals surface area (Å²) in [5.74, 6) is 0.218. The molecule has 0 aromatic heterocycles. The second-order valence-electron chi connectivity index (χ2n) is 7.38. The Morgan fingerprint density at radius 2 is 1.82 bits per heavy atom. The first-order chi connectivity index (χ1) is 13.1. The highest BCUT2D eigenvalue weighted by atomic mass is 19.1. The van der Waals surface area contributed by atoms with Crippen LogP contribution in [0.25, 0.3) is 0 Å². The maximum absolute atomic E-state index is 13.2. The van der Waals surface area contributed by atoms with Gasteiger partial charge in [0.2, 0.25) is 0 Å². The number of aliphatic hydroxyl groups excluding tert-OH is 2. The van der Waals surface area contributed by atoms with Crippen LogP contribution in [0.4, 0.5) is 9.18 Å². The summed E-state index contributed by atoms with van der Waals surface area (Å²) in [5, 5.41) is 22.7. The van der Waals surface area contributed by atoms with Gasteiger partial charge in [0, 0.05) is 6.54 Å². The molecule has 2 rings (SSSR count). The molecule has 2 aromatic carbocycles. The summed E-state index contributed by atoms with van der Waals surface area (Å²) in [6.07, 6.45) is -3.06. The molecule has 0 radical (unpaired) electrons. The lowest BCUT2D eigenvalue weighted by Crippen LogP contribution is -2.38. The topological polar surface area (TPSA) is 88.0 Å². The van der Waals surface area contributed by atoms with Crippen LogP contribution in [0.5, 0.6) is 5.75 Å². The van der Waals surface area contributed by atoms with Gasteiger partial charge in [0.05, 0.1) is 0 Å². The van der Waals surface area contributed by atoms with Crippen LogP contribution in [-0.2, 0) is 11.3 Å². The summed E-state index contributed by atoms with van der Waals surface area (Å²) in [7, 11) is 0. The molecule has 0 saturated heterocycles. The Morgan fingerprint density at radius 3 is 2.43 bits per heavy atom. The van der Waals surface area contributed by atoms with Crippen molar-refractivity contribution >= 4 is 6.09 Å². The molecule has 28 heavy (non-hydrogen) atoms. The molecule has 0 spiro atoms. The fraction of sp³-hybridized carbons (Fsp3) is 0.381. The monoisotopic (exact) mass is 391 g/mol. The zero-order valence-corrected chi connectivity index (χ0v) is 16.2. The molecular formula is C21H26FNO5. The van der Waals surface area contributed by atoms with Crippen LogP contribution in [0.1, 0.15) is 38.0 Å². The minimum Gasteiger partial charge on any atom is -0.489 e. The van der Waals surface area contributed by atoms with Crippen LogP contribution < -0.4 is 10.1 Å². The number of halogens is 1. The highest BCUT2D eigenvalue weighted by molar-refractivity contribution is 5.67. The number of alkyl carbamates (subject to hydrolysis) is 1. The smallest absolute Gasteiger partial charge is 0.407 e. The van der Waals surface area contributed by atoms with E-state index in [2.05, 4.69) is 5.32 Å². The number of amides is 1. The largest absolute Gasteiger partial charge is 0.489 e.